The van der Waals surface area contributed by atoms with Crippen LogP contribution in [0.5, 0.6) is 0 Å². The van der Waals surface area contributed by atoms with E-state index < -0.39 is 6.10 Å². The molecule has 310 valence electrons. The molecule has 0 aromatic rings. The number of esters is 2. The highest BCUT2D eigenvalue weighted by molar-refractivity contribution is 5.70. The van der Waals surface area contributed by atoms with Crippen LogP contribution in [0.25, 0.3) is 0 Å². The van der Waals surface area contributed by atoms with Gasteiger partial charge in [-0.15, -0.1) is 0 Å². The Labute approximate surface area is 334 Å². The normalized spacial score (nSPS) is 12.9. The van der Waals surface area contributed by atoms with Crippen molar-refractivity contribution < 1.29 is 23.8 Å². The second-order valence-electron chi connectivity index (χ2n) is 14.6. The topological polar surface area (TPSA) is 61.8 Å². The molecule has 5 heteroatoms. The van der Waals surface area contributed by atoms with E-state index >= 15 is 0 Å². The summed E-state index contributed by atoms with van der Waals surface area (Å²) in [6, 6.07) is 0. The molecule has 0 heterocycles. The first-order chi connectivity index (χ1) is 26.6. The predicted molar refractivity (Wildman–Crippen MR) is 233 cm³/mol. The first kappa shape index (κ1) is 51.3. The maximum Gasteiger partial charge on any atom is 0.306 e. The molecule has 54 heavy (non-hydrogen) atoms. The maximum atomic E-state index is 12.6. The number of carbonyl (C=O) groups excluding carboxylic acids is 2. The lowest BCUT2D eigenvalue weighted by Gasteiger charge is -2.18. The molecule has 0 aliphatic heterocycles. The van der Waals surface area contributed by atoms with E-state index in [-0.39, 0.29) is 25.2 Å². The summed E-state index contributed by atoms with van der Waals surface area (Å²) in [4.78, 5) is 25.1. The molecule has 0 amide bonds. The van der Waals surface area contributed by atoms with E-state index in [1.54, 1.807) is 0 Å². The molecule has 1 unspecified atom stereocenters. The molecule has 0 fully saturated rings. The summed E-state index contributed by atoms with van der Waals surface area (Å²) >= 11 is 0. The van der Waals surface area contributed by atoms with E-state index in [4.69, 9.17) is 14.2 Å². The maximum absolute atomic E-state index is 12.6. The smallest absolute Gasteiger partial charge is 0.306 e. The van der Waals surface area contributed by atoms with Crippen LogP contribution in [0.1, 0.15) is 201 Å². The number of hydrogen-bond acceptors (Lipinski definition) is 5. The van der Waals surface area contributed by atoms with Gasteiger partial charge in [-0.25, -0.2) is 0 Å². The quantitative estimate of drug-likeness (QED) is 0.0354. The van der Waals surface area contributed by atoms with Gasteiger partial charge in [0.2, 0.25) is 0 Å². The zero-order valence-corrected chi connectivity index (χ0v) is 35.5. The molecular weight excluding hydrogens is 669 g/mol. The number of unbranched alkanes of at least 4 members (excludes halogenated alkanes) is 17. The molecule has 0 aliphatic rings. The van der Waals surface area contributed by atoms with Crippen LogP contribution in [0, 0.1) is 0 Å². The van der Waals surface area contributed by atoms with Gasteiger partial charge in [-0.2, -0.15) is 0 Å². The van der Waals surface area contributed by atoms with E-state index in [1.165, 1.54) is 83.5 Å². The van der Waals surface area contributed by atoms with Crippen LogP contribution in [-0.2, 0) is 23.8 Å². The molecule has 0 aliphatic carbocycles. The van der Waals surface area contributed by atoms with Crippen molar-refractivity contribution in [3.63, 3.8) is 0 Å². The third-order valence-electron chi connectivity index (χ3n) is 9.23. The molecule has 0 aromatic heterocycles. The zero-order valence-electron chi connectivity index (χ0n) is 35.5. The lowest BCUT2D eigenvalue weighted by molar-refractivity contribution is -0.163. The van der Waals surface area contributed by atoms with Gasteiger partial charge in [0.05, 0.1) is 6.61 Å². The molecule has 0 saturated heterocycles. The van der Waals surface area contributed by atoms with Gasteiger partial charge < -0.3 is 14.2 Å². The second kappa shape index (κ2) is 44.7. The first-order valence-electron chi connectivity index (χ1n) is 22.5. The number of carbonyl (C=O) groups is 2. The molecule has 5 nitrogen and oxygen atoms in total. The van der Waals surface area contributed by atoms with Crippen LogP contribution in [0.15, 0.2) is 72.9 Å². The minimum Gasteiger partial charge on any atom is -0.462 e. The lowest BCUT2D eigenvalue weighted by Crippen LogP contribution is -2.30. The highest BCUT2D eigenvalue weighted by Crippen LogP contribution is 2.12. The molecule has 0 saturated carbocycles. The van der Waals surface area contributed by atoms with Gasteiger partial charge in [-0.05, 0) is 89.9 Å². The van der Waals surface area contributed by atoms with Crippen LogP contribution < -0.4 is 0 Å². The van der Waals surface area contributed by atoms with Gasteiger partial charge in [-0.1, -0.05) is 171 Å². The Bertz CT molecular complexity index is 988. The highest BCUT2D eigenvalue weighted by atomic mass is 16.6. The number of ether oxygens (including phenoxy) is 3. The molecule has 0 aromatic carbocycles. The Morgan fingerprint density at radius 1 is 0.426 bits per heavy atom. The Hall–Kier alpha value is -2.66. The summed E-state index contributed by atoms with van der Waals surface area (Å²) in [6.07, 6.45) is 56.2. The van der Waals surface area contributed by atoms with Crippen LogP contribution in [0.4, 0.5) is 0 Å². The van der Waals surface area contributed by atoms with Gasteiger partial charge in [0.25, 0.3) is 0 Å². The summed E-state index contributed by atoms with van der Waals surface area (Å²) in [7, 11) is 0. The standard InChI is InChI=1S/C49H84O5/c1-4-7-10-13-16-18-20-22-24-26-28-30-32-35-38-41-44-52-45-47(54-49(51)43-40-37-33-15-12-9-6-3)46-53-48(50)42-39-36-34-31-29-27-25-23-21-19-17-14-11-8-5-2/h8,11,16-19,22-25,29,31,47H,4-7,9-10,12-15,20-21,26-28,30,32-46H2,1-3H3/b11-8-,18-16-,19-17-,24-22-,25-23-,31-29-. The van der Waals surface area contributed by atoms with E-state index in [1.807, 2.05) is 0 Å². The van der Waals surface area contributed by atoms with Gasteiger partial charge >= 0.3 is 11.9 Å². The van der Waals surface area contributed by atoms with Crippen molar-refractivity contribution in [2.45, 2.75) is 207 Å². The summed E-state index contributed by atoms with van der Waals surface area (Å²) in [5.41, 5.74) is 0. The second-order valence-corrected chi connectivity index (χ2v) is 14.6. The van der Waals surface area contributed by atoms with E-state index in [0.717, 1.165) is 83.5 Å². The molecule has 0 rings (SSSR count). The first-order valence-corrected chi connectivity index (χ1v) is 22.5. The van der Waals surface area contributed by atoms with Crippen LogP contribution >= 0.6 is 0 Å². The van der Waals surface area contributed by atoms with Gasteiger partial charge in [0.15, 0.2) is 6.10 Å². The van der Waals surface area contributed by atoms with Crippen LogP contribution in [0.3, 0.4) is 0 Å². The van der Waals surface area contributed by atoms with Crippen molar-refractivity contribution in [3.8, 4) is 0 Å². The summed E-state index contributed by atoms with van der Waals surface area (Å²) in [6.45, 7) is 7.58. The van der Waals surface area contributed by atoms with Gasteiger partial charge in [-0.3, -0.25) is 9.59 Å². The largest absolute Gasteiger partial charge is 0.462 e. The lowest BCUT2D eigenvalue weighted by atomic mass is 10.1. The van der Waals surface area contributed by atoms with Crippen molar-refractivity contribution in [1.82, 2.24) is 0 Å². The zero-order chi connectivity index (χ0) is 39.3. The Morgan fingerprint density at radius 2 is 0.833 bits per heavy atom. The van der Waals surface area contributed by atoms with Crippen molar-refractivity contribution >= 4 is 11.9 Å². The Morgan fingerprint density at radius 3 is 1.41 bits per heavy atom. The SMILES string of the molecule is CC/C=C\C/C=C\C/C=C\C/C=C\CCCCC(=O)OCC(COCCCCCCCC/C=C\C/C=C\CCCCC)OC(=O)CCCCCCCCC. The van der Waals surface area contributed by atoms with Crippen molar-refractivity contribution in [2.24, 2.45) is 0 Å². The minimum absolute atomic E-state index is 0.0577. The van der Waals surface area contributed by atoms with E-state index in [0.29, 0.717) is 19.4 Å². The Kier molecular flexibility index (Phi) is 42.5. The fourth-order valence-corrected chi connectivity index (χ4v) is 5.88. The van der Waals surface area contributed by atoms with E-state index in [2.05, 4.69) is 93.7 Å². The Balaban J connectivity index is 4.25. The third-order valence-corrected chi connectivity index (χ3v) is 9.23. The van der Waals surface area contributed by atoms with Crippen molar-refractivity contribution in [1.29, 1.82) is 0 Å². The number of allylic oxidation sites excluding steroid dienone is 12. The monoisotopic (exact) mass is 753 g/mol. The van der Waals surface area contributed by atoms with Gasteiger partial charge in [0, 0.05) is 19.4 Å². The molecule has 1 atom stereocenters. The number of rotatable bonds is 40. The van der Waals surface area contributed by atoms with Crippen LogP contribution in [0.2, 0.25) is 0 Å². The fourth-order valence-electron chi connectivity index (χ4n) is 5.88. The van der Waals surface area contributed by atoms with Crippen molar-refractivity contribution in [3.05, 3.63) is 72.9 Å². The van der Waals surface area contributed by atoms with Crippen LogP contribution in [-0.4, -0.2) is 37.9 Å². The predicted octanol–water partition coefficient (Wildman–Crippen LogP) is 14.8. The molecule has 0 N–H and O–H groups in total. The molecule has 0 spiro atoms. The molecule has 0 radical (unpaired) electrons. The number of hydrogen-bond donors (Lipinski definition) is 0. The van der Waals surface area contributed by atoms with Gasteiger partial charge in [0.1, 0.15) is 6.61 Å². The highest BCUT2D eigenvalue weighted by Gasteiger charge is 2.17. The minimum atomic E-state index is -0.556. The molecule has 0 bridgehead atoms. The third kappa shape index (κ3) is 42.1. The van der Waals surface area contributed by atoms with Crippen molar-refractivity contribution in [2.75, 3.05) is 19.8 Å². The summed E-state index contributed by atoms with van der Waals surface area (Å²) in [5.74, 6) is -0.460. The average molecular weight is 753 g/mol. The molecular formula is C49H84O5. The fraction of sp³-hybridized carbons (Fsp3) is 0.714. The summed E-state index contributed by atoms with van der Waals surface area (Å²) in [5, 5.41) is 0. The average Bonchev–Trinajstić information content (AvgIpc) is 3.17. The van der Waals surface area contributed by atoms with E-state index in [9.17, 15) is 9.59 Å². The summed E-state index contributed by atoms with van der Waals surface area (Å²) < 4.78 is 17.2.